The molecule has 0 saturated carbocycles. The largest absolute Gasteiger partial charge is 0.493 e. The molecule has 0 bridgehead atoms. The summed E-state index contributed by atoms with van der Waals surface area (Å²) in [5.74, 6) is -4.50. The number of likely N-dealkylation sites (tertiary alicyclic amines) is 1. The van der Waals surface area contributed by atoms with Gasteiger partial charge in [0.1, 0.15) is 35.5 Å². The van der Waals surface area contributed by atoms with Crippen LogP contribution >= 0.6 is 0 Å². The van der Waals surface area contributed by atoms with Crippen LogP contribution in [0.4, 0.5) is 4.79 Å². The molecule has 1 aromatic heterocycles. The van der Waals surface area contributed by atoms with Gasteiger partial charge in [0, 0.05) is 25.1 Å². The predicted octanol–water partition coefficient (Wildman–Crippen LogP) is 6.51. The van der Waals surface area contributed by atoms with Crippen molar-refractivity contribution in [2.24, 2.45) is 11.8 Å². The molecule has 4 rings (SSSR count). The second kappa shape index (κ2) is 25.8. The number of rotatable bonds is 24. The summed E-state index contributed by atoms with van der Waals surface area (Å²) in [7, 11) is 0. The highest BCUT2D eigenvalue weighted by Gasteiger charge is 2.37. The van der Waals surface area contributed by atoms with Crippen LogP contribution in [0.2, 0.25) is 0 Å². The summed E-state index contributed by atoms with van der Waals surface area (Å²) < 4.78 is 22.5. The van der Waals surface area contributed by atoms with Gasteiger partial charge < -0.3 is 44.3 Å². The van der Waals surface area contributed by atoms with Crippen LogP contribution in [0.3, 0.4) is 0 Å². The van der Waals surface area contributed by atoms with E-state index in [0.717, 1.165) is 23.5 Å². The topological polar surface area (TPSA) is 229 Å². The number of nitrogens with one attached hydrogen (secondary N) is 3. The molecule has 5 amide bonds. The summed E-state index contributed by atoms with van der Waals surface area (Å²) in [5.41, 5.74) is 0.626. The highest BCUT2D eigenvalue weighted by molar-refractivity contribution is 6.00. The number of unbranched alkanes of at least 4 members (excludes halogenated alkanes) is 2. The van der Waals surface area contributed by atoms with Crippen molar-refractivity contribution in [3.8, 4) is 17.1 Å². The standard InChI is InChI=1S/C49H65N5O13/c1-8-11-13-18-36(39(9-2)54(31-55)67-46(60)34-23-25-53(26-24-34)48(62)66-49(5,6)7)43(57)50-30-51-45(59)41-22-21-40(65-41)35-19-20-37(42(28-35)63-10-3)44(58)52-38(27-32(4)56)47(61)64-29-33-16-14-12-15-17-33/h12,14-17,19-22,28,31,34,36,38-39H,8-11,13,18,23-27,29-30H2,1-7H3,(H,50,57)(H,51,59)(H,52,58)/t36-,38+,39-/m1/s1. The summed E-state index contributed by atoms with van der Waals surface area (Å²) in [6.45, 7) is 12.6. The average molecular weight is 932 g/mol. The number of hydrogen-bond donors (Lipinski definition) is 3. The summed E-state index contributed by atoms with van der Waals surface area (Å²) in [6.07, 6.45) is 3.33. The van der Waals surface area contributed by atoms with Crippen molar-refractivity contribution in [3.63, 3.8) is 0 Å². The van der Waals surface area contributed by atoms with Crippen LogP contribution in [0.5, 0.6) is 5.75 Å². The summed E-state index contributed by atoms with van der Waals surface area (Å²) in [5, 5.41) is 8.86. The highest BCUT2D eigenvalue weighted by atomic mass is 16.7. The van der Waals surface area contributed by atoms with Crippen LogP contribution in [0.25, 0.3) is 11.3 Å². The molecule has 1 aliphatic rings. The summed E-state index contributed by atoms with van der Waals surface area (Å²) in [6, 6.07) is 14.5. The number of esters is 1. The number of hydroxylamine groups is 2. The van der Waals surface area contributed by atoms with Gasteiger partial charge in [-0.15, -0.1) is 0 Å². The zero-order valence-corrected chi connectivity index (χ0v) is 39.6. The number of ether oxygens (including phenoxy) is 3. The minimum Gasteiger partial charge on any atom is -0.493 e. The molecule has 18 heteroatoms. The van der Waals surface area contributed by atoms with Gasteiger partial charge >= 0.3 is 18.0 Å². The maximum atomic E-state index is 13.7. The van der Waals surface area contributed by atoms with Gasteiger partial charge in [0.25, 0.3) is 11.8 Å². The average Bonchev–Trinajstić information content (AvgIpc) is 3.80. The molecule has 2 heterocycles. The number of nitrogens with zero attached hydrogens (tertiary/aromatic N) is 2. The molecule has 3 atom stereocenters. The molecule has 0 spiro atoms. The number of furan rings is 1. The number of carbonyl (C=O) groups is 8. The van der Waals surface area contributed by atoms with E-state index in [1.165, 1.54) is 24.0 Å². The lowest BCUT2D eigenvalue weighted by Gasteiger charge is -2.35. The lowest BCUT2D eigenvalue weighted by molar-refractivity contribution is -0.209. The Labute approximate surface area is 391 Å². The quantitative estimate of drug-likeness (QED) is 0.0287. The van der Waals surface area contributed by atoms with E-state index in [4.69, 9.17) is 23.5 Å². The second-order valence-corrected chi connectivity index (χ2v) is 17.3. The fraction of sp³-hybridized carbons (Fsp3) is 0.510. The molecule has 0 aliphatic carbocycles. The van der Waals surface area contributed by atoms with Crippen molar-refractivity contribution in [2.45, 2.75) is 124 Å². The normalized spacial score (nSPS) is 14.1. The SMILES string of the molecule is CCCCC[C@@H](C(=O)NCNC(=O)c1ccc(-c2ccc(C(=O)N[C@@H](CC(C)=O)C(=O)OCc3ccccc3)c(OCC)c2)o1)[C@@H](CC)N(C=O)OC(=O)C1CCN(C(=O)OC(C)(C)C)CC1. The van der Waals surface area contributed by atoms with Gasteiger partial charge in [-0.25, -0.2) is 14.4 Å². The second-order valence-electron chi connectivity index (χ2n) is 17.3. The van der Waals surface area contributed by atoms with Gasteiger partial charge in [-0.3, -0.25) is 24.0 Å². The van der Waals surface area contributed by atoms with Gasteiger partial charge in [-0.2, -0.15) is 5.06 Å². The Morgan fingerprint density at radius 3 is 2.25 bits per heavy atom. The van der Waals surface area contributed by atoms with E-state index in [9.17, 15) is 38.4 Å². The predicted molar refractivity (Wildman–Crippen MR) is 245 cm³/mol. The molecule has 364 valence electrons. The Hall–Kier alpha value is -6.72. The summed E-state index contributed by atoms with van der Waals surface area (Å²) in [4.78, 5) is 111. The minimum absolute atomic E-state index is 0.0378. The van der Waals surface area contributed by atoms with Crippen LogP contribution in [0, 0.1) is 11.8 Å². The number of ketones is 1. The Balaban J connectivity index is 1.37. The fourth-order valence-electron chi connectivity index (χ4n) is 7.45. The molecule has 2 aromatic carbocycles. The number of hydrogen-bond acceptors (Lipinski definition) is 13. The van der Waals surface area contributed by atoms with E-state index in [2.05, 4.69) is 16.0 Å². The Morgan fingerprint density at radius 2 is 1.63 bits per heavy atom. The zero-order chi connectivity index (χ0) is 49.1. The van der Waals surface area contributed by atoms with E-state index in [0.29, 0.717) is 37.7 Å². The molecule has 1 fully saturated rings. The first-order valence-electron chi connectivity index (χ1n) is 22.9. The number of amides is 5. The van der Waals surface area contributed by atoms with E-state index in [-0.39, 0.29) is 74.4 Å². The molecule has 3 N–H and O–H groups in total. The highest BCUT2D eigenvalue weighted by Crippen LogP contribution is 2.30. The first-order valence-corrected chi connectivity index (χ1v) is 22.9. The van der Waals surface area contributed by atoms with E-state index >= 15 is 0 Å². The van der Waals surface area contributed by atoms with Crippen LogP contribution in [-0.4, -0.2) is 102 Å². The number of benzene rings is 2. The third-order valence-electron chi connectivity index (χ3n) is 10.9. The lowest BCUT2D eigenvalue weighted by Crippen LogP contribution is -2.50. The van der Waals surface area contributed by atoms with E-state index < -0.39 is 65.3 Å². The van der Waals surface area contributed by atoms with Crippen LogP contribution in [0.1, 0.15) is 126 Å². The number of carbonyl (C=O) groups excluding carboxylic acids is 8. The van der Waals surface area contributed by atoms with Gasteiger partial charge in [0.05, 0.1) is 36.7 Å². The molecule has 3 aromatic rings. The van der Waals surface area contributed by atoms with Crippen molar-refractivity contribution in [1.82, 2.24) is 25.9 Å². The molecular formula is C49H65N5O13. The molecule has 1 aliphatic heterocycles. The molecule has 67 heavy (non-hydrogen) atoms. The van der Waals surface area contributed by atoms with Crippen LogP contribution in [0.15, 0.2) is 65.1 Å². The molecule has 18 nitrogen and oxygen atoms in total. The Kier molecular flexibility index (Phi) is 20.4. The third kappa shape index (κ3) is 16.3. The Morgan fingerprint density at radius 1 is 0.910 bits per heavy atom. The maximum Gasteiger partial charge on any atom is 0.410 e. The molecule has 1 saturated heterocycles. The third-order valence-corrected chi connectivity index (χ3v) is 10.9. The Bertz CT molecular complexity index is 2160. The smallest absolute Gasteiger partial charge is 0.410 e. The van der Waals surface area contributed by atoms with Crippen molar-refractivity contribution < 1.29 is 61.8 Å². The monoisotopic (exact) mass is 931 g/mol. The zero-order valence-electron chi connectivity index (χ0n) is 39.6. The number of Topliss-reactive ketones (excluding diaryl/α,β-unsaturated/α-hetero) is 1. The van der Waals surface area contributed by atoms with Crippen LogP contribution in [-0.2, 0) is 44.9 Å². The van der Waals surface area contributed by atoms with Gasteiger partial charge in [0.15, 0.2) is 5.76 Å². The molecule has 0 radical (unpaired) electrons. The maximum absolute atomic E-state index is 13.7. The van der Waals surface area contributed by atoms with Crippen molar-refractivity contribution >= 4 is 47.9 Å². The van der Waals surface area contributed by atoms with Crippen molar-refractivity contribution in [3.05, 3.63) is 77.6 Å². The molecule has 0 unspecified atom stereocenters. The first kappa shape index (κ1) is 52.9. The minimum atomic E-state index is -1.25. The number of piperidine rings is 1. The van der Waals surface area contributed by atoms with E-state index in [1.807, 2.05) is 13.0 Å². The first-order chi connectivity index (χ1) is 32.0. The van der Waals surface area contributed by atoms with Crippen molar-refractivity contribution in [2.75, 3.05) is 26.4 Å². The van der Waals surface area contributed by atoms with Crippen molar-refractivity contribution in [1.29, 1.82) is 0 Å². The molecular weight excluding hydrogens is 867 g/mol. The summed E-state index contributed by atoms with van der Waals surface area (Å²) >= 11 is 0. The fourth-order valence-corrected chi connectivity index (χ4v) is 7.45. The van der Waals surface area contributed by atoms with Crippen LogP contribution < -0.4 is 20.7 Å². The van der Waals surface area contributed by atoms with Gasteiger partial charge in [-0.05, 0) is 90.1 Å². The van der Waals surface area contributed by atoms with Gasteiger partial charge in [-0.1, -0.05) is 69.5 Å². The lowest BCUT2D eigenvalue weighted by atomic mass is 9.90. The van der Waals surface area contributed by atoms with Gasteiger partial charge in [0.2, 0.25) is 12.3 Å². The van der Waals surface area contributed by atoms with E-state index in [1.54, 1.807) is 77.1 Å².